The zero-order valence-electron chi connectivity index (χ0n) is 22.3. The van der Waals surface area contributed by atoms with Gasteiger partial charge in [-0.15, -0.1) is 0 Å². The van der Waals surface area contributed by atoms with Gasteiger partial charge >= 0.3 is 12.0 Å². The molecule has 4 rings (SSSR count). The van der Waals surface area contributed by atoms with Crippen molar-refractivity contribution >= 4 is 23.6 Å². The fraction of sp³-hybridized carbons (Fsp3) is 0.345. The van der Waals surface area contributed by atoms with E-state index < -0.39 is 12.0 Å². The molecule has 0 aliphatic carbocycles. The topological polar surface area (TPSA) is 111 Å². The van der Waals surface area contributed by atoms with E-state index in [1.807, 2.05) is 32.0 Å². The van der Waals surface area contributed by atoms with Gasteiger partial charge < -0.3 is 33.7 Å². The number of ether oxygens (including phenoxy) is 3. The Bertz CT molecular complexity index is 1270. The van der Waals surface area contributed by atoms with Crippen molar-refractivity contribution in [3.63, 3.8) is 0 Å². The minimum Gasteiger partial charge on any atom is -0.467 e. The van der Waals surface area contributed by atoms with Crippen molar-refractivity contribution in [1.29, 1.82) is 0 Å². The van der Waals surface area contributed by atoms with E-state index in [0.29, 0.717) is 41.6 Å². The Morgan fingerprint density at radius 2 is 1.74 bits per heavy atom. The predicted molar refractivity (Wildman–Crippen MR) is 143 cm³/mol. The van der Waals surface area contributed by atoms with E-state index in [4.69, 9.17) is 18.6 Å². The molecule has 1 N–H and O–H groups in total. The Hall–Kier alpha value is -4.47. The van der Waals surface area contributed by atoms with Crippen LogP contribution in [0.2, 0.25) is 0 Å². The van der Waals surface area contributed by atoms with Crippen molar-refractivity contribution in [2.24, 2.45) is 5.92 Å². The number of fused-ring (bicyclic) bond motifs is 1. The molecule has 10 nitrogen and oxygen atoms in total. The van der Waals surface area contributed by atoms with Gasteiger partial charge in [0.05, 0.1) is 25.0 Å². The minimum atomic E-state index is -0.429. The number of rotatable bonds is 11. The monoisotopic (exact) mass is 535 g/mol. The molecule has 0 atom stereocenters. The quantitative estimate of drug-likeness (QED) is 0.348. The summed E-state index contributed by atoms with van der Waals surface area (Å²) in [4.78, 5) is 41.9. The number of nitrogens with zero attached hydrogens (tertiary/aromatic N) is 2. The van der Waals surface area contributed by atoms with Gasteiger partial charge in [-0.05, 0) is 66.9 Å². The lowest BCUT2D eigenvalue weighted by atomic mass is 10.1. The predicted octanol–water partition coefficient (Wildman–Crippen LogP) is 4.90. The molecular formula is C29H33N3O7. The molecule has 0 bridgehead atoms. The van der Waals surface area contributed by atoms with E-state index in [9.17, 15) is 14.4 Å². The van der Waals surface area contributed by atoms with Gasteiger partial charge in [0.2, 0.25) is 12.7 Å². The number of carbonyl (C=O) groups excluding carboxylic acids is 3. The molecule has 0 spiro atoms. The molecule has 2 aromatic carbocycles. The Morgan fingerprint density at radius 1 is 0.974 bits per heavy atom. The van der Waals surface area contributed by atoms with E-state index in [2.05, 4.69) is 5.32 Å². The van der Waals surface area contributed by atoms with E-state index >= 15 is 0 Å². The van der Waals surface area contributed by atoms with Crippen molar-refractivity contribution in [2.45, 2.75) is 33.9 Å². The van der Waals surface area contributed by atoms with Gasteiger partial charge in [-0.25, -0.2) is 9.59 Å². The van der Waals surface area contributed by atoms with Crippen LogP contribution in [0, 0.1) is 5.92 Å². The summed E-state index contributed by atoms with van der Waals surface area (Å²) in [5.41, 5.74) is 1.75. The third kappa shape index (κ3) is 7.53. The highest BCUT2D eigenvalue weighted by atomic mass is 16.7. The molecule has 1 aliphatic rings. The lowest BCUT2D eigenvalue weighted by Gasteiger charge is -2.28. The zero-order chi connectivity index (χ0) is 27.8. The van der Waals surface area contributed by atoms with Crippen LogP contribution in [0.5, 0.6) is 11.5 Å². The summed E-state index contributed by atoms with van der Waals surface area (Å²) in [6.07, 6.45) is 1.56. The van der Waals surface area contributed by atoms with Crippen LogP contribution in [0.15, 0.2) is 65.3 Å². The third-order valence-corrected chi connectivity index (χ3v) is 5.94. The molecule has 0 unspecified atom stereocenters. The number of furan rings is 1. The average Bonchev–Trinajstić information content (AvgIpc) is 3.60. The zero-order valence-corrected chi connectivity index (χ0v) is 22.3. The molecule has 0 fully saturated rings. The van der Waals surface area contributed by atoms with Gasteiger partial charge in [-0.1, -0.05) is 19.9 Å². The molecule has 39 heavy (non-hydrogen) atoms. The molecule has 0 saturated heterocycles. The summed E-state index contributed by atoms with van der Waals surface area (Å²) in [6.45, 7) is 6.92. The normalized spacial score (nSPS) is 11.8. The number of esters is 1. The van der Waals surface area contributed by atoms with Crippen molar-refractivity contribution in [2.75, 3.05) is 31.8 Å². The maximum atomic E-state index is 13.6. The Balaban J connectivity index is 1.47. The van der Waals surface area contributed by atoms with Crippen LogP contribution in [-0.2, 0) is 22.6 Å². The summed E-state index contributed by atoms with van der Waals surface area (Å²) in [5.74, 6) is 1.39. The lowest BCUT2D eigenvalue weighted by Crippen LogP contribution is -2.45. The molecule has 1 aromatic heterocycles. The second-order valence-electron chi connectivity index (χ2n) is 9.52. The van der Waals surface area contributed by atoms with Crippen molar-refractivity contribution in [3.8, 4) is 11.5 Å². The van der Waals surface area contributed by atoms with E-state index in [1.165, 1.54) is 4.90 Å². The molecule has 206 valence electrons. The molecule has 2 heterocycles. The van der Waals surface area contributed by atoms with Crippen LogP contribution < -0.4 is 14.8 Å². The molecular weight excluding hydrogens is 502 g/mol. The summed E-state index contributed by atoms with van der Waals surface area (Å²) >= 11 is 0. The third-order valence-electron chi connectivity index (χ3n) is 5.94. The summed E-state index contributed by atoms with van der Waals surface area (Å²) in [7, 11) is 0. The minimum absolute atomic E-state index is 0.127. The molecule has 1 aliphatic heterocycles. The number of amides is 3. The van der Waals surface area contributed by atoms with Crippen LogP contribution >= 0.6 is 0 Å². The molecule has 0 radical (unpaired) electrons. The van der Waals surface area contributed by atoms with Crippen molar-refractivity contribution in [1.82, 2.24) is 9.80 Å². The van der Waals surface area contributed by atoms with Crippen LogP contribution in [0.25, 0.3) is 0 Å². The van der Waals surface area contributed by atoms with Gasteiger partial charge in [-0.2, -0.15) is 0 Å². The molecule has 3 amide bonds. The van der Waals surface area contributed by atoms with Gasteiger partial charge in [-0.3, -0.25) is 4.79 Å². The summed E-state index contributed by atoms with van der Waals surface area (Å²) in [6, 6.07) is 15.1. The van der Waals surface area contributed by atoms with Gasteiger partial charge in [0.15, 0.2) is 11.5 Å². The first-order valence-corrected chi connectivity index (χ1v) is 12.8. The molecule has 0 saturated carbocycles. The SMILES string of the molecule is CCOC(=O)c1ccc(NC(=O)N(CC(=O)N(Cc2ccc3c(c2)OCO3)Cc2ccco2)CC(C)C)cc1. The summed E-state index contributed by atoms with van der Waals surface area (Å²) in [5, 5.41) is 2.83. The van der Waals surface area contributed by atoms with Crippen LogP contribution in [0.1, 0.15) is 42.5 Å². The molecule has 3 aromatic rings. The van der Waals surface area contributed by atoms with Crippen LogP contribution in [0.3, 0.4) is 0 Å². The fourth-order valence-electron chi connectivity index (χ4n) is 4.11. The van der Waals surface area contributed by atoms with Crippen LogP contribution in [0.4, 0.5) is 10.5 Å². The Kier molecular flexibility index (Phi) is 9.09. The van der Waals surface area contributed by atoms with Gasteiger partial charge in [0.25, 0.3) is 0 Å². The van der Waals surface area contributed by atoms with E-state index in [0.717, 1.165) is 5.56 Å². The van der Waals surface area contributed by atoms with Crippen molar-refractivity contribution in [3.05, 3.63) is 77.7 Å². The van der Waals surface area contributed by atoms with E-state index in [1.54, 1.807) is 54.5 Å². The number of benzene rings is 2. The number of hydrogen-bond acceptors (Lipinski definition) is 7. The smallest absolute Gasteiger partial charge is 0.338 e. The first-order valence-electron chi connectivity index (χ1n) is 12.8. The summed E-state index contributed by atoms with van der Waals surface area (Å²) < 4.78 is 21.4. The number of hydrogen-bond donors (Lipinski definition) is 1. The van der Waals surface area contributed by atoms with Crippen molar-refractivity contribution < 1.29 is 33.0 Å². The lowest BCUT2D eigenvalue weighted by molar-refractivity contribution is -0.133. The Morgan fingerprint density at radius 3 is 2.44 bits per heavy atom. The van der Waals surface area contributed by atoms with Crippen LogP contribution in [-0.4, -0.2) is 54.2 Å². The second-order valence-corrected chi connectivity index (χ2v) is 9.52. The number of carbonyl (C=O) groups is 3. The van der Waals surface area contributed by atoms with E-state index in [-0.39, 0.29) is 38.3 Å². The maximum Gasteiger partial charge on any atom is 0.338 e. The Labute approximate surface area is 227 Å². The standard InChI is InChI=1S/C29H33N3O7/c1-4-36-28(34)22-8-10-23(11-9-22)30-29(35)32(15-20(2)3)18-27(33)31(17-24-6-5-13-37-24)16-21-7-12-25-26(14-21)39-19-38-25/h5-14,20H,4,15-19H2,1-3H3,(H,30,35). The molecule has 10 heteroatoms. The highest BCUT2D eigenvalue weighted by Crippen LogP contribution is 2.33. The fourth-order valence-corrected chi connectivity index (χ4v) is 4.11. The van der Waals surface area contributed by atoms with Gasteiger partial charge in [0.1, 0.15) is 12.3 Å². The highest BCUT2D eigenvalue weighted by molar-refractivity contribution is 5.94. The number of anilines is 1. The average molecular weight is 536 g/mol. The first kappa shape index (κ1) is 27.6. The first-order chi connectivity index (χ1) is 18.8. The number of urea groups is 1. The van der Waals surface area contributed by atoms with Gasteiger partial charge in [0, 0.05) is 18.8 Å². The maximum absolute atomic E-state index is 13.6. The largest absolute Gasteiger partial charge is 0.467 e. The highest BCUT2D eigenvalue weighted by Gasteiger charge is 2.24. The second kappa shape index (κ2) is 12.9. The number of nitrogens with one attached hydrogen (secondary N) is 1.